The first-order valence-electron chi connectivity index (χ1n) is 6.69. The van der Waals surface area contributed by atoms with Crippen LogP contribution in [-0.2, 0) is 0 Å². The predicted octanol–water partition coefficient (Wildman–Crippen LogP) is 2.26. The Hall–Kier alpha value is -1.36. The second-order valence-corrected chi connectivity index (χ2v) is 5.31. The van der Waals surface area contributed by atoms with Crippen LogP contribution in [0.3, 0.4) is 0 Å². The molecule has 1 aromatic heterocycles. The fourth-order valence-corrected chi connectivity index (χ4v) is 2.78. The minimum atomic E-state index is 0.344. The van der Waals surface area contributed by atoms with E-state index in [1.165, 1.54) is 25.7 Å². The van der Waals surface area contributed by atoms with Gasteiger partial charge in [0, 0.05) is 18.7 Å². The Balaban J connectivity index is 2.36. The van der Waals surface area contributed by atoms with Crippen molar-refractivity contribution in [3.63, 3.8) is 0 Å². The molecule has 100 valence electrons. The molecule has 0 aliphatic heterocycles. The van der Waals surface area contributed by atoms with Crippen LogP contribution in [0.4, 0.5) is 11.6 Å². The number of aromatic nitrogens is 2. The maximum absolute atomic E-state index is 5.55. The summed E-state index contributed by atoms with van der Waals surface area (Å²) >= 11 is 0. The molecular formula is C13H23N5. The number of nitrogens with one attached hydrogen (secondary N) is 1. The summed E-state index contributed by atoms with van der Waals surface area (Å²) in [4.78, 5) is 11.0. The third kappa shape index (κ3) is 2.41. The molecule has 2 rings (SSSR count). The zero-order valence-electron chi connectivity index (χ0n) is 11.5. The van der Waals surface area contributed by atoms with Crippen LogP contribution in [0.15, 0.2) is 6.33 Å². The van der Waals surface area contributed by atoms with Gasteiger partial charge >= 0.3 is 0 Å². The van der Waals surface area contributed by atoms with Crippen molar-refractivity contribution in [1.82, 2.24) is 9.97 Å². The van der Waals surface area contributed by atoms with E-state index in [1.54, 1.807) is 6.33 Å². The van der Waals surface area contributed by atoms with Gasteiger partial charge in [-0.15, -0.1) is 0 Å². The van der Waals surface area contributed by atoms with E-state index in [9.17, 15) is 0 Å². The summed E-state index contributed by atoms with van der Waals surface area (Å²) in [5, 5.41) is 0. The smallest absolute Gasteiger partial charge is 0.148 e. The standard InChI is InChI=1S/C13H23N5/c1-9(2)11-12(17-14)15-8-16-13(11)18(3)10-6-4-5-7-10/h8-10H,4-7,14H2,1-3H3,(H,15,16,17). The van der Waals surface area contributed by atoms with Crippen molar-refractivity contribution in [2.45, 2.75) is 51.5 Å². The predicted molar refractivity (Wildman–Crippen MR) is 74.6 cm³/mol. The van der Waals surface area contributed by atoms with Crippen LogP contribution in [-0.4, -0.2) is 23.1 Å². The first-order valence-corrected chi connectivity index (χ1v) is 6.69. The molecule has 1 aromatic rings. The van der Waals surface area contributed by atoms with Gasteiger partial charge in [0.1, 0.15) is 18.0 Å². The number of hydrogen-bond donors (Lipinski definition) is 2. The van der Waals surface area contributed by atoms with E-state index in [1.807, 2.05) is 0 Å². The minimum Gasteiger partial charge on any atom is -0.356 e. The zero-order chi connectivity index (χ0) is 13.1. The Morgan fingerprint density at radius 1 is 1.33 bits per heavy atom. The Kier molecular flexibility index (Phi) is 4.01. The fraction of sp³-hybridized carbons (Fsp3) is 0.692. The molecule has 1 heterocycles. The fourth-order valence-electron chi connectivity index (χ4n) is 2.78. The molecule has 0 spiro atoms. The third-order valence-corrected chi connectivity index (χ3v) is 3.78. The Bertz CT molecular complexity index is 398. The van der Waals surface area contributed by atoms with Gasteiger partial charge in [0.05, 0.1) is 0 Å². The van der Waals surface area contributed by atoms with Crippen molar-refractivity contribution < 1.29 is 0 Å². The molecule has 0 unspecified atom stereocenters. The average molecular weight is 249 g/mol. The lowest BCUT2D eigenvalue weighted by molar-refractivity contribution is 0.639. The largest absolute Gasteiger partial charge is 0.356 e. The van der Waals surface area contributed by atoms with Crippen molar-refractivity contribution in [3.8, 4) is 0 Å². The van der Waals surface area contributed by atoms with Crippen LogP contribution in [0, 0.1) is 0 Å². The van der Waals surface area contributed by atoms with Gasteiger partial charge in [-0.1, -0.05) is 26.7 Å². The van der Waals surface area contributed by atoms with E-state index in [2.05, 4.69) is 41.2 Å². The summed E-state index contributed by atoms with van der Waals surface area (Å²) in [7, 11) is 2.13. The molecule has 0 bridgehead atoms. The molecule has 1 aliphatic carbocycles. The Labute approximate surface area is 109 Å². The number of nitrogens with zero attached hydrogens (tertiary/aromatic N) is 3. The van der Waals surface area contributed by atoms with Crippen LogP contribution in [0.25, 0.3) is 0 Å². The van der Waals surface area contributed by atoms with Gasteiger partial charge in [0.25, 0.3) is 0 Å². The van der Waals surface area contributed by atoms with Gasteiger partial charge in [0.15, 0.2) is 0 Å². The number of nitrogens with two attached hydrogens (primary N) is 1. The molecule has 0 radical (unpaired) electrons. The van der Waals surface area contributed by atoms with E-state index in [0.717, 1.165) is 17.2 Å². The molecule has 0 saturated heterocycles. The summed E-state index contributed by atoms with van der Waals surface area (Å²) in [5.41, 5.74) is 3.79. The van der Waals surface area contributed by atoms with Crippen LogP contribution < -0.4 is 16.2 Å². The highest BCUT2D eigenvalue weighted by molar-refractivity contribution is 5.60. The summed E-state index contributed by atoms with van der Waals surface area (Å²) in [6.45, 7) is 4.29. The van der Waals surface area contributed by atoms with Crippen LogP contribution in [0.2, 0.25) is 0 Å². The van der Waals surface area contributed by atoms with Crippen molar-refractivity contribution in [3.05, 3.63) is 11.9 Å². The number of hydrogen-bond acceptors (Lipinski definition) is 5. The number of nitrogen functional groups attached to an aromatic ring is 1. The van der Waals surface area contributed by atoms with Crippen molar-refractivity contribution in [2.75, 3.05) is 17.4 Å². The van der Waals surface area contributed by atoms with Crippen molar-refractivity contribution >= 4 is 11.6 Å². The van der Waals surface area contributed by atoms with Gasteiger partial charge in [-0.05, 0) is 18.8 Å². The van der Waals surface area contributed by atoms with Crippen LogP contribution >= 0.6 is 0 Å². The highest BCUT2D eigenvalue weighted by atomic mass is 15.3. The number of hydrazine groups is 1. The van der Waals surface area contributed by atoms with E-state index < -0.39 is 0 Å². The topological polar surface area (TPSA) is 67.1 Å². The molecular weight excluding hydrogens is 226 g/mol. The molecule has 0 amide bonds. The zero-order valence-corrected chi connectivity index (χ0v) is 11.5. The van der Waals surface area contributed by atoms with Crippen molar-refractivity contribution in [1.29, 1.82) is 0 Å². The summed E-state index contributed by atoms with van der Waals surface area (Å²) in [5.74, 6) is 7.65. The maximum Gasteiger partial charge on any atom is 0.148 e. The molecule has 1 aliphatic rings. The van der Waals surface area contributed by atoms with Gasteiger partial charge in [-0.2, -0.15) is 0 Å². The monoisotopic (exact) mass is 249 g/mol. The summed E-state index contributed by atoms with van der Waals surface area (Å²) in [6, 6.07) is 0.600. The molecule has 5 heteroatoms. The quantitative estimate of drug-likeness (QED) is 0.633. The Morgan fingerprint density at radius 2 is 2.00 bits per heavy atom. The average Bonchev–Trinajstić information content (AvgIpc) is 2.90. The molecule has 1 fully saturated rings. The van der Waals surface area contributed by atoms with E-state index in [0.29, 0.717) is 12.0 Å². The SMILES string of the molecule is CC(C)c1c(NN)ncnc1N(C)C1CCCC1. The van der Waals surface area contributed by atoms with Gasteiger partial charge in [-0.25, -0.2) is 15.8 Å². The van der Waals surface area contributed by atoms with E-state index >= 15 is 0 Å². The van der Waals surface area contributed by atoms with E-state index in [-0.39, 0.29) is 0 Å². The first-order chi connectivity index (χ1) is 8.65. The van der Waals surface area contributed by atoms with Crippen LogP contribution in [0.5, 0.6) is 0 Å². The number of anilines is 2. The Morgan fingerprint density at radius 3 is 2.56 bits per heavy atom. The number of rotatable bonds is 4. The van der Waals surface area contributed by atoms with Gasteiger partial charge in [0.2, 0.25) is 0 Å². The normalized spacial score (nSPS) is 16.3. The lowest BCUT2D eigenvalue weighted by atomic mass is 10.0. The minimum absolute atomic E-state index is 0.344. The molecule has 1 saturated carbocycles. The van der Waals surface area contributed by atoms with Gasteiger partial charge < -0.3 is 10.3 Å². The molecule has 3 N–H and O–H groups in total. The second-order valence-electron chi connectivity index (χ2n) is 5.31. The molecule has 0 aromatic carbocycles. The molecule has 0 atom stereocenters. The second kappa shape index (κ2) is 5.52. The first kappa shape index (κ1) is 13.1. The lowest BCUT2D eigenvalue weighted by Gasteiger charge is -2.29. The van der Waals surface area contributed by atoms with Crippen LogP contribution in [0.1, 0.15) is 51.0 Å². The highest BCUT2D eigenvalue weighted by Crippen LogP contribution is 2.33. The maximum atomic E-state index is 5.55. The summed E-state index contributed by atoms with van der Waals surface area (Å²) in [6.07, 6.45) is 6.73. The lowest BCUT2D eigenvalue weighted by Crippen LogP contribution is -2.31. The van der Waals surface area contributed by atoms with E-state index in [4.69, 9.17) is 5.84 Å². The van der Waals surface area contributed by atoms with Crippen molar-refractivity contribution in [2.24, 2.45) is 5.84 Å². The molecule has 5 nitrogen and oxygen atoms in total. The molecule has 18 heavy (non-hydrogen) atoms. The van der Waals surface area contributed by atoms with Gasteiger partial charge in [-0.3, -0.25) is 0 Å². The third-order valence-electron chi connectivity index (χ3n) is 3.78. The highest BCUT2D eigenvalue weighted by Gasteiger charge is 2.24. The summed E-state index contributed by atoms with van der Waals surface area (Å²) < 4.78 is 0.